The number of benzene rings is 2. The minimum absolute atomic E-state index is 0.0611. The molecule has 1 aliphatic rings. The molecule has 1 aromatic heterocycles. The number of carbonyl (C=O) groups is 1. The largest absolute Gasteiger partial charge is 0.484 e. The van der Waals surface area contributed by atoms with Crippen LogP contribution in [0.15, 0.2) is 42.5 Å². The van der Waals surface area contributed by atoms with E-state index >= 15 is 0 Å². The van der Waals surface area contributed by atoms with Crippen LogP contribution in [0.3, 0.4) is 0 Å². The molecular weight excluding hydrogens is 373 g/mol. The molecule has 1 N–H and O–H groups in total. The third-order valence-corrected chi connectivity index (χ3v) is 4.34. The van der Waals surface area contributed by atoms with E-state index in [1.54, 1.807) is 12.1 Å². The van der Waals surface area contributed by atoms with E-state index in [1.165, 1.54) is 18.2 Å². The molecule has 0 saturated heterocycles. The number of aromatic nitrogens is 4. The van der Waals surface area contributed by atoms with Gasteiger partial charge in [0, 0.05) is 17.3 Å². The highest BCUT2D eigenvalue weighted by atomic mass is 35.5. The predicted molar refractivity (Wildman–Crippen MR) is 97.1 cm³/mol. The molecule has 1 saturated carbocycles. The van der Waals surface area contributed by atoms with Crippen molar-refractivity contribution in [2.45, 2.75) is 18.9 Å². The van der Waals surface area contributed by atoms with Crippen LogP contribution in [-0.2, 0) is 4.79 Å². The van der Waals surface area contributed by atoms with E-state index in [9.17, 15) is 9.18 Å². The third-order valence-electron chi connectivity index (χ3n) is 4.05. The molecule has 0 bridgehead atoms. The molecule has 4 rings (SSSR count). The van der Waals surface area contributed by atoms with Gasteiger partial charge in [-0.05, 0) is 47.5 Å². The van der Waals surface area contributed by atoms with Gasteiger partial charge in [-0.3, -0.25) is 4.79 Å². The highest BCUT2D eigenvalue weighted by Gasteiger charge is 2.28. The predicted octanol–water partition coefficient (Wildman–Crippen LogP) is 3.49. The van der Waals surface area contributed by atoms with Crippen LogP contribution in [-0.4, -0.2) is 32.7 Å². The molecule has 1 amide bonds. The Bertz CT molecular complexity index is 989. The summed E-state index contributed by atoms with van der Waals surface area (Å²) in [6.07, 6.45) is 2.14. The number of amides is 1. The minimum atomic E-state index is -0.543. The molecule has 0 aliphatic heterocycles. The average molecular weight is 388 g/mol. The second-order valence-corrected chi connectivity index (χ2v) is 6.58. The van der Waals surface area contributed by atoms with Gasteiger partial charge in [-0.2, -0.15) is 0 Å². The van der Waals surface area contributed by atoms with Crippen molar-refractivity contribution in [1.82, 2.24) is 20.2 Å². The van der Waals surface area contributed by atoms with Crippen molar-refractivity contribution in [2.24, 2.45) is 0 Å². The van der Waals surface area contributed by atoms with E-state index in [1.807, 2.05) is 16.8 Å². The fourth-order valence-corrected chi connectivity index (χ4v) is 2.77. The molecule has 0 spiro atoms. The number of ether oxygens (including phenoxy) is 1. The molecule has 3 aromatic rings. The fourth-order valence-electron chi connectivity index (χ4n) is 2.60. The number of rotatable bonds is 6. The van der Waals surface area contributed by atoms with E-state index in [4.69, 9.17) is 16.3 Å². The zero-order valence-electron chi connectivity index (χ0n) is 14.1. The summed E-state index contributed by atoms with van der Waals surface area (Å²) in [5, 5.41) is 14.6. The Kier molecular flexibility index (Phi) is 4.72. The van der Waals surface area contributed by atoms with Gasteiger partial charge in [0.05, 0.1) is 11.1 Å². The molecule has 0 atom stereocenters. The minimum Gasteiger partial charge on any atom is -0.484 e. The summed E-state index contributed by atoms with van der Waals surface area (Å²) >= 11 is 5.69. The molecule has 138 valence electrons. The molecule has 9 heteroatoms. The Morgan fingerprint density at radius 2 is 2.15 bits per heavy atom. The number of nitrogens with one attached hydrogen (secondary N) is 1. The van der Waals surface area contributed by atoms with Gasteiger partial charge < -0.3 is 10.1 Å². The van der Waals surface area contributed by atoms with Crippen LogP contribution < -0.4 is 10.1 Å². The standard InChI is InChI=1S/C18H15ClFN5O2/c19-15-9-14(6-7-16(15)20)27-10-17(26)21-12-3-1-2-11(8-12)18-22-23-24-25(18)13-4-5-13/h1-3,6-9,13H,4-5,10H2,(H,21,26). The van der Waals surface area contributed by atoms with Crippen molar-refractivity contribution in [3.8, 4) is 17.1 Å². The first-order valence-electron chi connectivity index (χ1n) is 8.36. The zero-order valence-corrected chi connectivity index (χ0v) is 14.9. The van der Waals surface area contributed by atoms with Crippen LogP contribution in [0.5, 0.6) is 5.75 Å². The Hall–Kier alpha value is -3.00. The number of hydrogen-bond donors (Lipinski definition) is 1. The second kappa shape index (κ2) is 7.32. The van der Waals surface area contributed by atoms with E-state index in [-0.39, 0.29) is 17.5 Å². The van der Waals surface area contributed by atoms with E-state index in [2.05, 4.69) is 20.8 Å². The number of anilines is 1. The van der Waals surface area contributed by atoms with Crippen LogP contribution in [0.25, 0.3) is 11.4 Å². The first kappa shape index (κ1) is 17.4. The van der Waals surface area contributed by atoms with Gasteiger partial charge >= 0.3 is 0 Å². The molecule has 0 unspecified atom stereocenters. The smallest absolute Gasteiger partial charge is 0.262 e. The van der Waals surface area contributed by atoms with Crippen LogP contribution in [0.4, 0.5) is 10.1 Å². The number of halogens is 2. The number of carbonyl (C=O) groups excluding carboxylic acids is 1. The van der Waals surface area contributed by atoms with Crippen molar-refractivity contribution >= 4 is 23.2 Å². The Morgan fingerprint density at radius 3 is 2.93 bits per heavy atom. The van der Waals surface area contributed by atoms with Gasteiger partial charge in [-0.1, -0.05) is 23.7 Å². The number of nitrogens with zero attached hydrogens (tertiary/aromatic N) is 4. The summed E-state index contributed by atoms with van der Waals surface area (Å²) in [7, 11) is 0. The highest BCUT2D eigenvalue weighted by molar-refractivity contribution is 6.30. The summed E-state index contributed by atoms with van der Waals surface area (Å²) in [5.41, 5.74) is 1.42. The van der Waals surface area contributed by atoms with Gasteiger partial charge in [0.15, 0.2) is 12.4 Å². The van der Waals surface area contributed by atoms with Crippen LogP contribution in [0.1, 0.15) is 18.9 Å². The molecule has 27 heavy (non-hydrogen) atoms. The maximum atomic E-state index is 13.1. The zero-order chi connectivity index (χ0) is 18.8. The van der Waals surface area contributed by atoms with Crippen molar-refractivity contribution in [3.05, 3.63) is 53.3 Å². The maximum Gasteiger partial charge on any atom is 0.262 e. The topological polar surface area (TPSA) is 81.9 Å². The van der Waals surface area contributed by atoms with Crippen molar-refractivity contribution < 1.29 is 13.9 Å². The Labute approximate surface area is 159 Å². The van der Waals surface area contributed by atoms with Crippen LogP contribution in [0.2, 0.25) is 5.02 Å². The van der Waals surface area contributed by atoms with Crippen molar-refractivity contribution in [1.29, 1.82) is 0 Å². The summed E-state index contributed by atoms with van der Waals surface area (Å²) in [6, 6.07) is 11.5. The molecule has 1 heterocycles. The maximum absolute atomic E-state index is 13.1. The Balaban J connectivity index is 1.41. The summed E-state index contributed by atoms with van der Waals surface area (Å²) in [6.45, 7) is -0.230. The van der Waals surface area contributed by atoms with Gasteiger partial charge in [0.25, 0.3) is 5.91 Å². The first-order valence-corrected chi connectivity index (χ1v) is 8.74. The van der Waals surface area contributed by atoms with Crippen LogP contribution >= 0.6 is 11.6 Å². The number of tetrazole rings is 1. The summed E-state index contributed by atoms with van der Waals surface area (Å²) in [4.78, 5) is 12.1. The van der Waals surface area contributed by atoms with Crippen molar-refractivity contribution in [2.75, 3.05) is 11.9 Å². The molecule has 2 aromatic carbocycles. The Morgan fingerprint density at radius 1 is 1.30 bits per heavy atom. The summed E-state index contributed by atoms with van der Waals surface area (Å²) < 4.78 is 20.3. The fraction of sp³-hybridized carbons (Fsp3) is 0.222. The average Bonchev–Trinajstić information content (AvgIpc) is 3.39. The molecule has 7 nitrogen and oxygen atoms in total. The monoisotopic (exact) mass is 387 g/mol. The second-order valence-electron chi connectivity index (χ2n) is 6.17. The highest BCUT2D eigenvalue weighted by Crippen LogP contribution is 2.36. The quantitative estimate of drug-likeness (QED) is 0.700. The van der Waals surface area contributed by atoms with E-state index in [0.717, 1.165) is 18.4 Å². The van der Waals surface area contributed by atoms with Crippen molar-refractivity contribution in [3.63, 3.8) is 0 Å². The molecule has 0 radical (unpaired) electrons. The normalized spacial score (nSPS) is 13.4. The third kappa shape index (κ3) is 4.06. The lowest BCUT2D eigenvalue weighted by molar-refractivity contribution is -0.118. The van der Waals surface area contributed by atoms with Gasteiger partial charge in [-0.25, -0.2) is 9.07 Å². The first-order chi connectivity index (χ1) is 13.1. The van der Waals surface area contributed by atoms with E-state index < -0.39 is 5.82 Å². The molecule has 1 aliphatic carbocycles. The lowest BCUT2D eigenvalue weighted by Crippen LogP contribution is -2.20. The molecule has 1 fully saturated rings. The lowest BCUT2D eigenvalue weighted by Gasteiger charge is -2.09. The summed E-state index contributed by atoms with van der Waals surface area (Å²) in [5.74, 6) is 0.0907. The van der Waals surface area contributed by atoms with E-state index in [0.29, 0.717) is 23.3 Å². The lowest BCUT2D eigenvalue weighted by atomic mass is 10.2. The van der Waals surface area contributed by atoms with Gasteiger partial charge in [-0.15, -0.1) is 5.10 Å². The number of hydrogen-bond acceptors (Lipinski definition) is 5. The van der Waals surface area contributed by atoms with Gasteiger partial charge in [0.2, 0.25) is 0 Å². The van der Waals surface area contributed by atoms with Crippen LogP contribution in [0, 0.1) is 5.82 Å². The van der Waals surface area contributed by atoms with Gasteiger partial charge in [0.1, 0.15) is 11.6 Å². The molecular formula is C18H15ClFN5O2. The SMILES string of the molecule is O=C(COc1ccc(F)c(Cl)c1)Nc1cccc(-c2nnnn2C2CC2)c1.